The molecule has 4 heterocycles. The van der Waals surface area contributed by atoms with Crippen LogP contribution in [-0.4, -0.2) is 55.0 Å². The highest BCUT2D eigenvalue weighted by atomic mass is 35.5. The molecule has 4 aromatic rings. The maximum atomic E-state index is 6.12. The number of H-pyrrole nitrogens is 2. The average Bonchev–Trinajstić information content (AvgIpc) is 3.52. The maximum Gasteiger partial charge on any atom is 0.279 e. The first kappa shape index (κ1) is 21.0. The molecule has 168 valence electrons. The number of aryl methyl sites for hydroxylation is 1. The lowest BCUT2D eigenvalue weighted by Gasteiger charge is -2.35. The first-order valence-corrected chi connectivity index (χ1v) is 11.6. The Morgan fingerprint density at radius 1 is 1.12 bits per heavy atom. The van der Waals surface area contributed by atoms with Crippen molar-refractivity contribution in [1.82, 2.24) is 35.2 Å². The number of nitrogens with zero attached hydrogens (tertiary/aromatic N) is 6. The van der Waals surface area contributed by atoms with Crippen molar-refractivity contribution >= 4 is 28.3 Å². The predicted octanol–water partition coefficient (Wildman–Crippen LogP) is 4.39. The van der Waals surface area contributed by atoms with Gasteiger partial charge in [-0.25, -0.2) is 4.98 Å². The van der Waals surface area contributed by atoms with Gasteiger partial charge < -0.3 is 14.4 Å². The summed E-state index contributed by atoms with van der Waals surface area (Å²) in [5.74, 6) is 2.19. The summed E-state index contributed by atoms with van der Waals surface area (Å²) in [6.07, 6.45) is 5.12. The molecule has 0 radical (unpaired) electrons. The molecule has 10 heteroatoms. The zero-order valence-corrected chi connectivity index (χ0v) is 18.9. The molecule has 0 aliphatic carbocycles. The molecule has 1 aliphatic heterocycles. The normalized spacial score (nSPS) is 14.4. The SMILES string of the molecule is CCCCN1CN(CCCCc2noc(-c3n[nH]c4ccccc34)n2)Cc2[nH]c(Cl)nc21. The van der Waals surface area contributed by atoms with E-state index in [4.69, 9.17) is 16.1 Å². The van der Waals surface area contributed by atoms with E-state index in [1.165, 1.54) is 0 Å². The van der Waals surface area contributed by atoms with Crippen molar-refractivity contribution in [3.63, 3.8) is 0 Å². The third-order valence-corrected chi connectivity index (χ3v) is 6.01. The van der Waals surface area contributed by atoms with E-state index in [2.05, 4.69) is 47.0 Å². The minimum atomic E-state index is 0.462. The van der Waals surface area contributed by atoms with Crippen molar-refractivity contribution in [2.24, 2.45) is 0 Å². The second kappa shape index (κ2) is 9.30. The lowest BCUT2D eigenvalue weighted by Crippen LogP contribution is -2.43. The van der Waals surface area contributed by atoms with Crippen LogP contribution in [-0.2, 0) is 13.0 Å². The van der Waals surface area contributed by atoms with Gasteiger partial charge in [-0.1, -0.05) is 36.7 Å². The number of benzene rings is 1. The number of imidazole rings is 1. The van der Waals surface area contributed by atoms with Gasteiger partial charge in [0.25, 0.3) is 5.89 Å². The van der Waals surface area contributed by atoms with Gasteiger partial charge in [0, 0.05) is 31.4 Å². The van der Waals surface area contributed by atoms with Crippen molar-refractivity contribution in [1.29, 1.82) is 0 Å². The Labute approximate surface area is 191 Å². The quantitative estimate of drug-likeness (QED) is 0.361. The summed E-state index contributed by atoms with van der Waals surface area (Å²) < 4.78 is 5.47. The Morgan fingerprint density at radius 2 is 2.03 bits per heavy atom. The Morgan fingerprint density at radius 3 is 2.94 bits per heavy atom. The van der Waals surface area contributed by atoms with Crippen LogP contribution in [0.3, 0.4) is 0 Å². The van der Waals surface area contributed by atoms with E-state index in [-0.39, 0.29) is 0 Å². The van der Waals surface area contributed by atoms with E-state index >= 15 is 0 Å². The van der Waals surface area contributed by atoms with E-state index in [0.717, 1.165) is 86.6 Å². The number of fused-ring (bicyclic) bond motifs is 2. The van der Waals surface area contributed by atoms with Gasteiger partial charge in [-0.2, -0.15) is 10.1 Å². The van der Waals surface area contributed by atoms with Gasteiger partial charge in [0.05, 0.1) is 17.9 Å². The minimum absolute atomic E-state index is 0.462. The highest BCUT2D eigenvalue weighted by Crippen LogP contribution is 2.27. The van der Waals surface area contributed by atoms with Crippen LogP contribution in [0.2, 0.25) is 5.28 Å². The van der Waals surface area contributed by atoms with Crippen LogP contribution in [0, 0.1) is 0 Å². The molecule has 0 atom stereocenters. The van der Waals surface area contributed by atoms with Crippen molar-refractivity contribution in [3.05, 3.63) is 41.1 Å². The van der Waals surface area contributed by atoms with E-state index in [1.807, 2.05) is 24.3 Å². The number of para-hydroxylation sites is 1. The standard InChI is InChI=1S/C22H27ClN8O/c1-2-3-12-31-14-30(13-17-20(31)26-22(23)24-17)11-7-6-10-18-25-21(32-29-18)19-15-8-4-5-9-16(15)27-28-19/h4-5,8-9H,2-3,6-7,10-14H2,1H3,(H,24,26)(H,27,28). The van der Waals surface area contributed by atoms with E-state index in [0.29, 0.717) is 16.9 Å². The topological polar surface area (TPSA) is 103 Å². The highest BCUT2D eigenvalue weighted by Gasteiger charge is 2.25. The van der Waals surface area contributed by atoms with Crippen LogP contribution >= 0.6 is 11.6 Å². The molecule has 0 bridgehead atoms. The molecule has 1 aliphatic rings. The van der Waals surface area contributed by atoms with Crippen molar-refractivity contribution in [2.45, 2.75) is 45.6 Å². The smallest absolute Gasteiger partial charge is 0.279 e. The number of halogens is 1. The molecule has 3 aromatic heterocycles. The first-order chi connectivity index (χ1) is 15.7. The van der Waals surface area contributed by atoms with Crippen LogP contribution in [0.15, 0.2) is 28.8 Å². The van der Waals surface area contributed by atoms with Gasteiger partial charge >= 0.3 is 0 Å². The summed E-state index contributed by atoms with van der Waals surface area (Å²) in [5, 5.41) is 12.9. The largest absolute Gasteiger partial charge is 0.342 e. The van der Waals surface area contributed by atoms with Gasteiger partial charge in [0.2, 0.25) is 5.28 Å². The molecule has 5 rings (SSSR count). The van der Waals surface area contributed by atoms with Gasteiger partial charge in [-0.3, -0.25) is 10.00 Å². The zero-order chi connectivity index (χ0) is 21.9. The number of aromatic nitrogens is 6. The Kier molecular flexibility index (Phi) is 6.09. The van der Waals surface area contributed by atoms with Crippen molar-refractivity contribution < 1.29 is 4.52 Å². The molecule has 0 saturated carbocycles. The van der Waals surface area contributed by atoms with E-state index in [9.17, 15) is 0 Å². The molecule has 32 heavy (non-hydrogen) atoms. The summed E-state index contributed by atoms with van der Waals surface area (Å²) in [5.41, 5.74) is 2.76. The Balaban J connectivity index is 1.15. The fourth-order valence-corrected chi connectivity index (χ4v) is 4.39. The van der Waals surface area contributed by atoms with Gasteiger partial charge in [-0.05, 0) is 36.9 Å². The van der Waals surface area contributed by atoms with Crippen LogP contribution < -0.4 is 4.90 Å². The second-order valence-electron chi connectivity index (χ2n) is 8.23. The van der Waals surface area contributed by atoms with Gasteiger partial charge in [0.15, 0.2) is 17.3 Å². The van der Waals surface area contributed by atoms with Crippen molar-refractivity contribution in [2.75, 3.05) is 24.7 Å². The van der Waals surface area contributed by atoms with Gasteiger partial charge in [-0.15, -0.1) is 0 Å². The second-order valence-corrected chi connectivity index (χ2v) is 8.59. The molecule has 0 fully saturated rings. The monoisotopic (exact) mass is 454 g/mol. The average molecular weight is 455 g/mol. The molecular formula is C22H27ClN8O. The van der Waals surface area contributed by atoms with Gasteiger partial charge in [0.1, 0.15) is 0 Å². The molecule has 9 nitrogen and oxygen atoms in total. The molecule has 0 unspecified atom stereocenters. The zero-order valence-electron chi connectivity index (χ0n) is 18.1. The van der Waals surface area contributed by atoms with Crippen molar-refractivity contribution in [3.8, 4) is 11.6 Å². The summed E-state index contributed by atoms with van der Waals surface area (Å²) in [7, 11) is 0. The number of hydrogen-bond acceptors (Lipinski definition) is 7. The Hall–Kier alpha value is -2.91. The summed E-state index contributed by atoms with van der Waals surface area (Å²) >= 11 is 6.12. The number of hydrogen-bond donors (Lipinski definition) is 2. The molecule has 0 saturated heterocycles. The first-order valence-electron chi connectivity index (χ1n) is 11.2. The third-order valence-electron chi connectivity index (χ3n) is 5.83. The number of aromatic amines is 2. The van der Waals surface area contributed by atoms with Crippen LogP contribution in [0.5, 0.6) is 0 Å². The lowest BCUT2D eigenvalue weighted by molar-refractivity contribution is 0.242. The summed E-state index contributed by atoms with van der Waals surface area (Å²) in [6, 6.07) is 7.92. The minimum Gasteiger partial charge on any atom is -0.342 e. The predicted molar refractivity (Wildman–Crippen MR) is 123 cm³/mol. The fraction of sp³-hybridized carbons (Fsp3) is 0.455. The third kappa shape index (κ3) is 4.35. The fourth-order valence-electron chi connectivity index (χ4n) is 4.19. The number of rotatable bonds is 9. The lowest BCUT2D eigenvalue weighted by atomic mass is 10.2. The summed E-state index contributed by atoms with van der Waals surface area (Å²) in [6.45, 7) is 5.92. The molecule has 0 spiro atoms. The molecule has 0 amide bonds. The van der Waals surface area contributed by atoms with Crippen LogP contribution in [0.1, 0.15) is 44.1 Å². The maximum absolute atomic E-state index is 6.12. The van der Waals surface area contributed by atoms with Crippen LogP contribution in [0.4, 0.5) is 5.82 Å². The number of nitrogens with one attached hydrogen (secondary N) is 2. The van der Waals surface area contributed by atoms with E-state index in [1.54, 1.807) is 0 Å². The highest BCUT2D eigenvalue weighted by molar-refractivity contribution is 6.28. The summed E-state index contributed by atoms with van der Waals surface area (Å²) in [4.78, 5) is 17.0. The van der Waals surface area contributed by atoms with Crippen LogP contribution in [0.25, 0.3) is 22.5 Å². The molecule has 1 aromatic carbocycles. The Bertz CT molecular complexity index is 1180. The van der Waals surface area contributed by atoms with E-state index < -0.39 is 0 Å². The number of anilines is 1. The molecular weight excluding hydrogens is 428 g/mol. The number of unbranched alkanes of at least 4 members (excludes halogenated alkanes) is 2. The molecule has 2 N–H and O–H groups in total.